The van der Waals surface area contributed by atoms with Crippen molar-refractivity contribution in [1.82, 2.24) is 9.97 Å². The number of carbonyl (C=O) groups excluding carboxylic acids is 2. The molecular weight excluding hydrogens is 370 g/mol. The molecule has 0 bridgehead atoms. The number of aliphatic hydroxyl groups is 2. The molecule has 0 unspecified atom stereocenters. The van der Waals surface area contributed by atoms with E-state index >= 15 is 0 Å². The predicted molar refractivity (Wildman–Crippen MR) is 111 cm³/mol. The summed E-state index contributed by atoms with van der Waals surface area (Å²) in [5, 5.41) is 18.0. The second-order valence-electron chi connectivity index (χ2n) is 6.87. The molecule has 1 aromatic heterocycles. The Kier molecular flexibility index (Phi) is 9.95. The van der Waals surface area contributed by atoms with E-state index in [9.17, 15) is 14.7 Å². The number of nitrogens with zero attached hydrogens (tertiary/aromatic N) is 3. The average Bonchev–Trinajstić information content (AvgIpc) is 2.77. The Balaban J connectivity index is 1.80. The highest BCUT2D eigenvalue weighted by atomic mass is 16.3. The van der Waals surface area contributed by atoms with Gasteiger partial charge in [-0.1, -0.05) is 37.5 Å². The van der Waals surface area contributed by atoms with Gasteiger partial charge in [0.2, 0.25) is 5.95 Å². The van der Waals surface area contributed by atoms with Crippen molar-refractivity contribution in [1.29, 1.82) is 0 Å². The number of hydrogen-bond donors (Lipinski definition) is 2. The van der Waals surface area contributed by atoms with Crippen LogP contribution in [-0.2, 0) is 4.79 Å². The molecule has 29 heavy (non-hydrogen) atoms. The number of anilines is 2. The van der Waals surface area contributed by atoms with Crippen LogP contribution in [0.2, 0.25) is 0 Å². The quantitative estimate of drug-likeness (QED) is 0.372. The van der Waals surface area contributed by atoms with E-state index in [1.807, 2.05) is 30.3 Å². The van der Waals surface area contributed by atoms with E-state index in [0.29, 0.717) is 30.9 Å². The van der Waals surface area contributed by atoms with Crippen molar-refractivity contribution < 1.29 is 19.8 Å². The highest BCUT2D eigenvalue weighted by Gasteiger charge is 2.13. The number of aliphatic hydroxyl groups excluding tert-OH is 2. The minimum Gasteiger partial charge on any atom is -0.395 e. The zero-order chi connectivity index (χ0) is 20.9. The molecule has 2 rings (SSSR count). The Bertz CT molecular complexity index is 750. The molecule has 0 amide bonds. The molecule has 1 heterocycles. The number of rotatable bonds is 14. The van der Waals surface area contributed by atoms with Crippen LogP contribution in [0.4, 0.5) is 11.6 Å². The summed E-state index contributed by atoms with van der Waals surface area (Å²) >= 11 is 0. The Hall–Kier alpha value is -2.64. The maximum absolute atomic E-state index is 12.3. The highest BCUT2D eigenvalue weighted by Crippen LogP contribution is 2.21. The van der Waals surface area contributed by atoms with E-state index in [0.717, 1.165) is 37.8 Å². The van der Waals surface area contributed by atoms with Crippen LogP contribution in [0, 0.1) is 0 Å². The lowest BCUT2D eigenvalue weighted by Gasteiger charge is -2.21. The van der Waals surface area contributed by atoms with Crippen LogP contribution >= 0.6 is 0 Å². The summed E-state index contributed by atoms with van der Waals surface area (Å²) in [5.41, 5.74) is 1.36. The summed E-state index contributed by atoms with van der Waals surface area (Å²) in [6, 6.07) is 9.55. The van der Waals surface area contributed by atoms with Gasteiger partial charge in [-0.2, -0.15) is 0 Å². The minimum absolute atomic E-state index is 0.0143. The lowest BCUT2D eigenvalue weighted by molar-refractivity contribution is -0.121. The molecule has 0 fully saturated rings. The maximum Gasteiger partial charge on any atom is 0.229 e. The first-order valence-electron chi connectivity index (χ1n) is 10.1. The van der Waals surface area contributed by atoms with Gasteiger partial charge >= 0.3 is 0 Å². The molecule has 0 aliphatic carbocycles. The van der Waals surface area contributed by atoms with E-state index in [1.54, 1.807) is 17.3 Å². The monoisotopic (exact) mass is 399 g/mol. The van der Waals surface area contributed by atoms with Crippen LogP contribution in [-0.4, -0.2) is 51.5 Å². The van der Waals surface area contributed by atoms with Gasteiger partial charge in [-0.15, -0.1) is 0 Å². The third-order valence-corrected chi connectivity index (χ3v) is 4.63. The number of unbranched alkanes of at least 4 members (excludes halogenated alkanes) is 4. The van der Waals surface area contributed by atoms with Crippen LogP contribution < -0.4 is 4.90 Å². The summed E-state index contributed by atoms with van der Waals surface area (Å²) in [6.45, 7) is -0.0488. The highest BCUT2D eigenvalue weighted by molar-refractivity contribution is 5.95. The summed E-state index contributed by atoms with van der Waals surface area (Å²) in [4.78, 5) is 33.8. The van der Waals surface area contributed by atoms with Gasteiger partial charge in [0, 0.05) is 37.5 Å². The molecule has 0 radical (unpaired) electrons. The molecule has 0 spiro atoms. The zero-order valence-corrected chi connectivity index (χ0v) is 16.7. The van der Waals surface area contributed by atoms with Crippen molar-refractivity contribution in [3.8, 4) is 0 Å². The van der Waals surface area contributed by atoms with Gasteiger partial charge in [-0.3, -0.25) is 9.59 Å². The SMILES string of the molecule is O=C(CO)CCCCCCCC(=O)c1cnc(N(CCO)c2ccccc2)nc1. The topological polar surface area (TPSA) is 104 Å². The second kappa shape index (κ2) is 12.7. The van der Waals surface area contributed by atoms with Crippen molar-refractivity contribution in [3.63, 3.8) is 0 Å². The van der Waals surface area contributed by atoms with Gasteiger partial charge < -0.3 is 15.1 Å². The van der Waals surface area contributed by atoms with Crippen molar-refractivity contribution in [2.75, 3.05) is 24.7 Å². The number of carbonyl (C=O) groups is 2. The van der Waals surface area contributed by atoms with E-state index < -0.39 is 0 Å². The standard InChI is InChI=1S/C22H29N3O4/c26-14-13-25(19-9-5-4-6-10-19)22-23-15-18(16-24-22)21(29)12-8-3-1-2-7-11-20(28)17-27/h4-6,9-10,15-16,26-27H,1-3,7-8,11-14,17H2. The summed E-state index contributed by atoms with van der Waals surface area (Å²) in [5.74, 6) is 0.341. The molecular formula is C22H29N3O4. The van der Waals surface area contributed by atoms with Crippen molar-refractivity contribution >= 4 is 23.2 Å². The first-order valence-corrected chi connectivity index (χ1v) is 10.1. The molecule has 7 heteroatoms. The number of ketones is 2. The number of aromatic nitrogens is 2. The summed E-state index contributed by atoms with van der Waals surface area (Å²) in [6.07, 6.45) is 8.34. The number of hydrogen-bond acceptors (Lipinski definition) is 7. The second-order valence-corrected chi connectivity index (χ2v) is 6.87. The fraction of sp³-hybridized carbons (Fsp3) is 0.455. The van der Waals surface area contributed by atoms with Crippen LogP contribution in [0.5, 0.6) is 0 Å². The summed E-state index contributed by atoms with van der Waals surface area (Å²) in [7, 11) is 0. The normalized spacial score (nSPS) is 10.7. The van der Waals surface area contributed by atoms with Gasteiger partial charge in [0.1, 0.15) is 6.61 Å². The van der Waals surface area contributed by atoms with Crippen molar-refractivity contribution in [2.24, 2.45) is 0 Å². The zero-order valence-electron chi connectivity index (χ0n) is 16.7. The molecule has 0 saturated heterocycles. The molecule has 2 aromatic rings. The summed E-state index contributed by atoms with van der Waals surface area (Å²) < 4.78 is 0. The van der Waals surface area contributed by atoms with Gasteiger partial charge in [-0.05, 0) is 25.0 Å². The van der Waals surface area contributed by atoms with E-state index in [4.69, 9.17) is 5.11 Å². The lowest BCUT2D eigenvalue weighted by atomic mass is 10.0. The third-order valence-electron chi connectivity index (χ3n) is 4.63. The first-order chi connectivity index (χ1) is 14.2. The molecule has 0 atom stereocenters. The van der Waals surface area contributed by atoms with Crippen molar-refractivity contribution in [3.05, 3.63) is 48.3 Å². The Morgan fingerprint density at radius 2 is 1.48 bits per heavy atom. The molecule has 0 aliphatic rings. The van der Waals surface area contributed by atoms with Crippen LogP contribution in [0.15, 0.2) is 42.7 Å². The Morgan fingerprint density at radius 1 is 0.862 bits per heavy atom. The van der Waals surface area contributed by atoms with Crippen molar-refractivity contribution in [2.45, 2.75) is 44.9 Å². The minimum atomic E-state index is -0.377. The first kappa shape index (κ1) is 22.6. The average molecular weight is 399 g/mol. The molecule has 2 N–H and O–H groups in total. The van der Waals surface area contributed by atoms with Crippen LogP contribution in [0.1, 0.15) is 55.3 Å². The third kappa shape index (κ3) is 7.71. The van der Waals surface area contributed by atoms with Gasteiger partial charge in [0.05, 0.1) is 12.2 Å². The van der Waals surface area contributed by atoms with E-state index in [-0.39, 0.29) is 24.8 Å². The van der Waals surface area contributed by atoms with E-state index in [2.05, 4.69) is 9.97 Å². The number of Topliss-reactive ketones (excluding diaryl/α,β-unsaturated/α-hetero) is 2. The van der Waals surface area contributed by atoms with Gasteiger partial charge in [0.25, 0.3) is 0 Å². The molecule has 0 aliphatic heterocycles. The molecule has 156 valence electrons. The Labute approximate surface area is 171 Å². The maximum atomic E-state index is 12.3. The number of para-hydroxylation sites is 1. The van der Waals surface area contributed by atoms with Gasteiger partial charge in [0.15, 0.2) is 11.6 Å². The Morgan fingerprint density at radius 3 is 2.10 bits per heavy atom. The fourth-order valence-corrected chi connectivity index (χ4v) is 3.02. The van der Waals surface area contributed by atoms with Gasteiger partial charge in [-0.25, -0.2) is 9.97 Å². The number of benzene rings is 1. The van der Waals surface area contributed by atoms with Crippen LogP contribution in [0.3, 0.4) is 0 Å². The smallest absolute Gasteiger partial charge is 0.229 e. The van der Waals surface area contributed by atoms with Crippen LogP contribution in [0.25, 0.3) is 0 Å². The fourth-order valence-electron chi connectivity index (χ4n) is 3.02. The molecule has 1 aromatic carbocycles. The lowest BCUT2D eigenvalue weighted by Crippen LogP contribution is -2.23. The van der Waals surface area contributed by atoms with E-state index in [1.165, 1.54) is 0 Å². The molecule has 7 nitrogen and oxygen atoms in total. The predicted octanol–water partition coefficient (Wildman–Crippen LogP) is 3.08. The molecule has 0 saturated carbocycles. The largest absolute Gasteiger partial charge is 0.395 e.